The number of halogens is 3. The maximum Gasteiger partial charge on any atom is 0.437 e. The Bertz CT molecular complexity index is 634. The molecule has 1 aromatic carbocycles. The number of rotatable bonds is 3. The van der Waals surface area contributed by atoms with Crippen molar-refractivity contribution < 1.29 is 18.3 Å². The average molecular weight is 313 g/mol. The highest BCUT2D eigenvalue weighted by Crippen LogP contribution is 2.26. The lowest BCUT2D eigenvalue weighted by Gasteiger charge is -2.09. The van der Waals surface area contributed by atoms with Crippen molar-refractivity contribution in [2.75, 3.05) is 6.54 Å². The fraction of sp³-hybridized carbons (Fsp3) is 0.308. The number of amidine groups is 1. The van der Waals surface area contributed by atoms with Crippen molar-refractivity contribution in [2.45, 2.75) is 19.3 Å². The van der Waals surface area contributed by atoms with E-state index in [0.29, 0.717) is 5.56 Å². The van der Waals surface area contributed by atoms with Gasteiger partial charge in [-0.3, -0.25) is 5.41 Å². The zero-order chi connectivity index (χ0) is 16.5. The number of alkyl halides is 3. The van der Waals surface area contributed by atoms with E-state index >= 15 is 0 Å². The number of aliphatic imine (C=N–C) groups is 1. The summed E-state index contributed by atoms with van der Waals surface area (Å²) in [6.45, 7) is 1.72. The summed E-state index contributed by atoms with van der Waals surface area (Å²) in [5, 5.41) is 21.3. The van der Waals surface area contributed by atoms with Gasteiger partial charge in [-0.2, -0.15) is 18.3 Å². The number of hydrogen-bond acceptors (Lipinski definition) is 5. The van der Waals surface area contributed by atoms with Gasteiger partial charge < -0.3 is 10.8 Å². The van der Waals surface area contributed by atoms with Crippen LogP contribution in [-0.2, 0) is 0 Å². The van der Waals surface area contributed by atoms with Gasteiger partial charge in [-0.1, -0.05) is 12.1 Å². The molecule has 4 N–H and O–H groups in total. The minimum absolute atomic E-state index is 0.135. The SMILES string of the molecule is CCN1N=C(C(F)(F)F)C(=Nc2ccc(C(N)O)cc2)C1=N. The second-order valence-electron chi connectivity index (χ2n) is 4.51. The van der Waals surface area contributed by atoms with Crippen LogP contribution >= 0.6 is 0 Å². The highest BCUT2D eigenvalue weighted by atomic mass is 19.4. The average Bonchev–Trinajstić information content (AvgIpc) is 2.76. The normalized spacial score (nSPS) is 18.8. The summed E-state index contributed by atoms with van der Waals surface area (Å²) in [6, 6.07) is 5.72. The van der Waals surface area contributed by atoms with E-state index in [4.69, 9.17) is 11.1 Å². The van der Waals surface area contributed by atoms with Crippen LogP contribution in [0.1, 0.15) is 18.7 Å². The molecule has 1 aliphatic rings. The highest BCUT2D eigenvalue weighted by molar-refractivity contribution is 6.70. The van der Waals surface area contributed by atoms with Crippen LogP contribution in [0, 0.1) is 5.41 Å². The van der Waals surface area contributed by atoms with E-state index in [1.807, 2.05) is 0 Å². The first kappa shape index (κ1) is 16.1. The zero-order valence-corrected chi connectivity index (χ0v) is 11.6. The Hall–Kier alpha value is -2.26. The predicted octanol–water partition coefficient (Wildman–Crippen LogP) is 1.94. The van der Waals surface area contributed by atoms with Gasteiger partial charge in [0.05, 0.1) is 5.69 Å². The van der Waals surface area contributed by atoms with Gasteiger partial charge in [0, 0.05) is 6.54 Å². The highest BCUT2D eigenvalue weighted by Gasteiger charge is 2.45. The Kier molecular flexibility index (Phi) is 4.29. The third-order valence-electron chi connectivity index (χ3n) is 2.97. The molecule has 6 nitrogen and oxygen atoms in total. The smallest absolute Gasteiger partial charge is 0.375 e. The van der Waals surface area contributed by atoms with Gasteiger partial charge >= 0.3 is 6.18 Å². The van der Waals surface area contributed by atoms with Crippen molar-refractivity contribution >= 4 is 22.9 Å². The molecule has 118 valence electrons. The van der Waals surface area contributed by atoms with Crippen molar-refractivity contribution in [3.05, 3.63) is 29.8 Å². The van der Waals surface area contributed by atoms with Gasteiger partial charge in [0.2, 0.25) is 0 Å². The zero-order valence-electron chi connectivity index (χ0n) is 11.6. The standard InChI is InChI=1S/C13H14F3N5O/c1-2-21-11(17)9(10(20-21)13(14,15)16)19-8-5-3-7(4-6-8)12(18)22/h3-6,12,17,22H,2,18H2,1H3. The van der Waals surface area contributed by atoms with Crippen LogP contribution in [-0.4, -0.2) is 40.1 Å². The Morgan fingerprint density at radius 1 is 1.36 bits per heavy atom. The Morgan fingerprint density at radius 3 is 2.41 bits per heavy atom. The third kappa shape index (κ3) is 3.15. The van der Waals surface area contributed by atoms with E-state index in [1.165, 1.54) is 24.3 Å². The summed E-state index contributed by atoms with van der Waals surface area (Å²) < 4.78 is 38.9. The number of aliphatic hydroxyl groups is 1. The molecule has 1 atom stereocenters. The van der Waals surface area contributed by atoms with E-state index in [-0.39, 0.29) is 12.2 Å². The molecular formula is C13H14F3N5O. The predicted molar refractivity (Wildman–Crippen MR) is 76.3 cm³/mol. The molecule has 0 amide bonds. The molecular weight excluding hydrogens is 299 g/mol. The van der Waals surface area contributed by atoms with Crippen LogP contribution < -0.4 is 5.73 Å². The largest absolute Gasteiger partial charge is 0.437 e. The lowest BCUT2D eigenvalue weighted by molar-refractivity contribution is -0.0570. The van der Waals surface area contributed by atoms with E-state index in [1.54, 1.807) is 6.92 Å². The Morgan fingerprint density at radius 2 is 1.95 bits per heavy atom. The number of benzene rings is 1. The number of hydrazone groups is 1. The molecule has 0 saturated heterocycles. The maximum atomic E-state index is 13.0. The van der Waals surface area contributed by atoms with Crippen LogP contribution in [0.4, 0.5) is 18.9 Å². The maximum absolute atomic E-state index is 13.0. The summed E-state index contributed by atoms with van der Waals surface area (Å²) in [5.74, 6) is -0.405. The molecule has 2 rings (SSSR count). The van der Waals surface area contributed by atoms with Gasteiger partial charge in [-0.25, -0.2) is 10.0 Å². The molecule has 0 aliphatic carbocycles. The molecule has 1 unspecified atom stereocenters. The topological polar surface area (TPSA) is 98.1 Å². The fourth-order valence-electron chi connectivity index (χ4n) is 1.85. The molecule has 0 bridgehead atoms. The lowest BCUT2D eigenvalue weighted by Crippen LogP contribution is -2.33. The molecule has 0 saturated carbocycles. The molecule has 0 fully saturated rings. The van der Waals surface area contributed by atoms with Crippen molar-refractivity contribution in [3.63, 3.8) is 0 Å². The quantitative estimate of drug-likeness (QED) is 0.744. The number of nitrogens with one attached hydrogen (secondary N) is 1. The fourth-order valence-corrected chi connectivity index (χ4v) is 1.85. The first-order valence-electron chi connectivity index (χ1n) is 6.39. The summed E-state index contributed by atoms with van der Waals surface area (Å²) in [5.41, 5.74) is 4.17. The van der Waals surface area contributed by atoms with E-state index < -0.39 is 29.7 Å². The molecule has 1 aromatic rings. The Balaban J connectivity index is 2.40. The summed E-state index contributed by atoms with van der Waals surface area (Å²) in [6.07, 6.45) is -5.86. The molecule has 22 heavy (non-hydrogen) atoms. The summed E-state index contributed by atoms with van der Waals surface area (Å²) >= 11 is 0. The van der Waals surface area contributed by atoms with Gasteiger partial charge in [0.1, 0.15) is 11.9 Å². The number of aliphatic hydroxyl groups excluding tert-OH is 1. The molecule has 0 aromatic heterocycles. The summed E-state index contributed by atoms with van der Waals surface area (Å²) in [7, 11) is 0. The minimum atomic E-state index is -4.69. The minimum Gasteiger partial charge on any atom is -0.375 e. The molecule has 0 radical (unpaired) electrons. The van der Waals surface area contributed by atoms with Gasteiger partial charge in [0.25, 0.3) is 0 Å². The molecule has 0 spiro atoms. The Labute approximate surface area is 124 Å². The van der Waals surface area contributed by atoms with Gasteiger partial charge in [0.15, 0.2) is 11.5 Å². The third-order valence-corrected chi connectivity index (χ3v) is 2.97. The molecule has 1 heterocycles. The molecule has 9 heteroatoms. The van der Waals surface area contributed by atoms with E-state index in [9.17, 15) is 18.3 Å². The second kappa shape index (κ2) is 5.85. The van der Waals surface area contributed by atoms with Crippen LogP contribution in [0.15, 0.2) is 34.4 Å². The van der Waals surface area contributed by atoms with E-state index in [0.717, 1.165) is 5.01 Å². The number of nitrogens with two attached hydrogens (primary N) is 1. The number of nitrogens with zero attached hydrogens (tertiary/aromatic N) is 3. The second-order valence-corrected chi connectivity index (χ2v) is 4.51. The van der Waals surface area contributed by atoms with Crippen LogP contribution in [0.5, 0.6) is 0 Å². The van der Waals surface area contributed by atoms with E-state index in [2.05, 4.69) is 10.1 Å². The summed E-state index contributed by atoms with van der Waals surface area (Å²) in [4.78, 5) is 3.86. The van der Waals surface area contributed by atoms with Crippen molar-refractivity contribution in [2.24, 2.45) is 15.8 Å². The van der Waals surface area contributed by atoms with Gasteiger partial charge in [-0.05, 0) is 24.6 Å². The molecule has 1 aliphatic heterocycles. The lowest BCUT2D eigenvalue weighted by atomic mass is 10.1. The number of hydrogen-bond donors (Lipinski definition) is 3. The van der Waals surface area contributed by atoms with Crippen molar-refractivity contribution in [1.82, 2.24) is 5.01 Å². The first-order valence-corrected chi connectivity index (χ1v) is 6.39. The van der Waals surface area contributed by atoms with Crippen LogP contribution in [0.25, 0.3) is 0 Å². The van der Waals surface area contributed by atoms with Gasteiger partial charge in [-0.15, -0.1) is 0 Å². The van der Waals surface area contributed by atoms with Crippen molar-refractivity contribution in [1.29, 1.82) is 5.41 Å². The monoisotopic (exact) mass is 313 g/mol. The first-order chi connectivity index (χ1) is 10.2. The van der Waals surface area contributed by atoms with Crippen LogP contribution in [0.2, 0.25) is 0 Å². The van der Waals surface area contributed by atoms with Crippen molar-refractivity contribution in [3.8, 4) is 0 Å². The van der Waals surface area contributed by atoms with Crippen LogP contribution in [0.3, 0.4) is 0 Å².